The van der Waals surface area contributed by atoms with Gasteiger partial charge in [-0.15, -0.1) is 0 Å². The van der Waals surface area contributed by atoms with E-state index in [1.54, 1.807) is 19.2 Å². The van der Waals surface area contributed by atoms with E-state index in [-0.39, 0.29) is 24.3 Å². The van der Waals surface area contributed by atoms with Crippen LogP contribution in [0.3, 0.4) is 0 Å². The molecule has 1 amide bonds. The minimum atomic E-state index is -0.750. The van der Waals surface area contributed by atoms with Gasteiger partial charge in [0.05, 0.1) is 13.2 Å². The number of carbonyl (C=O) groups is 2. The maximum atomic E-state index is 12.5. The topological polar surface area (TPSA) is 87.7 Å². The normalized spacial score (nSPS) is 18.6. The van der Waals surface area contributed by atoms with Crippen LogP contribution in [0.2, 0.25) is 5.02 Å². The minimum absolute atomic E-state index is 0.0376. The zero-order valence-electron chi connectivity index (χ0n) is 18.1. The predicted octanol–water partition coefficient (Wildman–Crippen LogP) is 5.06. The number of hydrogen-bond acceptors (Lipinski definition) is 4. The van der Waals surface area contributed by atoms with Crippen LogP contribution in [0.5, 0.6) is 5.75 Å². The van der Waals surface area contributed by atoms with Crippen LogP contribution >= 0.6 is 11.6 Å². The van der Waals surface area contributed by atoms with Crippen molar-refractivity contribution < 1.29 is 19.4 Å². The summed E-state index contributed by atoms with van der Waals surface area (Å²) >= 11 is 6.15. The molecular weight excluding hydrogens is 416 g/mol. The van der Waals surface area contributed by atoms with Gasteiger partial charge in [0.25, 0.3) is 5.91 Å². The summed E-state index contributed by atoms with van der Waals surface area (Å²) < 4.78 is 5.44. The number of amides is 1. The van der Waals surface area contributed by atoms with Gasteiger partial charge in [-0.25, -0.2) is 0 Å². The minimum Gasteiger partial charge on any atom is -0.496 e. The Kier molecular flexibility index (Phi) is 7.44. The Hall–Kier alpha value is -2.73. The number of rotatable bonds is 9. The second-order valence-corrected chi connectivity index (χ2v) is 8.73. The number of nitrogens with one attached hydrogen (secondary N) is 2. The van der Waals surface area contributed by atoms with E-state index in [0.29, 0.717) is 23.0 Å². The first-order valence-electron chi connectivity index (χ1n) is 10.5. The monoisotopic (exact) mass is 444 g/mol. The summed E-state index contributed by atoms with van der Waals surface area (Å²) in [6.07, 6.45) is 1.94. The Balaban J connectivity index is 1.57. The molecule has 0 unspecified atom stereocenters. The molecule has 0 aliphatic heterocycles. The summed E-state index contributed by atoms with van der Waals surface area (Å²) in [4.78, 5) is 23.2. The molecule has 3 rings (SSSR count). The molecule has 6 nitrogen and oxygen atoms in total. The fraction of sp³-hybridized carbons (Fsp3) is 0.417. The average molecular weight is 445 g/mol. The highest BCUT2D eigenvalue weighted by Gasteiger charge is 2.30. The second-order valence-electron chi connectivity index (χ2n) is 8.29. The molecular formula is C24H29ClN2O4. The molecule has 1 aliphatic carbocycles. The van der Waals surface area contributed by atoms with Crippen molar-refractivity contribution in [3.63, 3.8) is 0 Å². The van der Waals surface area contributed by atoms with Crippen LogP contribution in [0, 0.1) is 18.8 Å². The van der Waals surface area contributed by atoms with E-state index >= 15 is 0 Å². The van der Waals surface area contributed by atoms with E-state index in [1.807, 2.05) is 38.1 Å². The van der Waals surface area contributed by atoms with E-state index in [1.165, 1.54) is 0 Å². The molecule has 0 radical (unpaired) electrons. The summed E-state index contributed by atoms with van der Waals surface area (Å²) in [6, 6.07) is 11.1. The number of halogens is 1. The number of benzene rings is 2. The molecule has 31 heavy (non-hydrogen) atoms. The van der Waals surface area contributed by atoms with Gasteiger partial charge in [0.2, 0.25) is 0 Å². The third-order valence-electron chi connectivity index (χ3n) is 5.87. The lowest BCUT2D eigenvalue weighted by Gasteiger charge is -2.34. The molecule has 0 aromatic heterocycles. The van der Waals surface area contributed by atoms with Gasteiger partial charge in [0, 0.05) is 34.8 Å². The summed E-state index contributed by atoms with van der Waals surface area (Å²) in [7, 11) is 1.63. The van der Waals surface area contributed by atoms with Crippen LogP contribution in [0.1, 0.15) is 53.7 Å². The summed E-state index contributed by atoms with van der Waals surface area (Å²) in [6.45, 7) is 4.58. The van der Waals surface area contributed by atoms with Crippen molar-refractivity contribution in [2.24, 2.45) is 11.8 Å². The third-order valence-corrected chi connectivity index (χ3v) is 6.10. The Morgan fingerprint density at radius 1 is 1.19 bits per heavy atom. The number of aliphatic carboxylic acids is 1. The summed E-state index contributed by atoms with van der Waals surface area (Å²) in [5.41, 5.74) is 3.46. The van der Waals surface area contributed by atoms with Crippen LogP contribution in [0.25, 0.3) is 0 Å². The number of carboxylic acid groups (broad SMARTS) is 1. The molecule has 1 fully saturated rings. The standard InChI is InChI=1S/C24H29ClN2O4/c1-14-8-18(24(30)26-13-17-9-16(10-17)11-23(28)29)4-6-21(14)27-15(2)20-12-19(25)5-7-22(20)31-3/h4-8,12,15-17,27H,9-11,13H2,1-3H3,(H,26,30)(H,28,29)/t15-,16?,17?/m0/s1. The highest BCUT2D eigenvalue weighted by atomic mass is 35.5. The average Bonchev–Trinajstić information content (AvgIpc) is 2.70. The number of hydrogen-bond donors (Lipinski definition) is 3. The molecule has 1 aliphatic rings. The fourth-order valence-corrected chi connectivity index (χ4v) is 4.30. The number of carboxylic acids is 1. The zero-order valence-corrected chi connectivity index (χ0v) is 18.8. The first-order valence-corrected chi connectivity index (χ1v) is 10.8. The SMILES string of the molecule is COc1ccc(Cl)cc1[C@H](C)Nc1ccc(C(=O)NCC2CC(CC(=O)O)C2)cc1C. The Bertz CT molecular complexity index is 957. The molecule has 3 N–H and O–H groups in total. The lowest BCUT2D eigenvalue weighted by Crippen LogP contribution is -2.36. The van der Waals surface area contributed by atoms with Crippen molar-refractivity contribution in [3.8, 4) is 5.75 Å². The molecule has 0 saturated heterocycles. The van der Waals surface area contributed by atoms with Gasteiger partial charge >= 0.3 is 5.97 Å². The van der Waals surface area contributed by atoms with Crippen LogP contribution in [-0.4, -0.2) is 30.6 Å². The Morgan fingerprint density at radius 2 is 1.94 bits per heavy atom. The van der Waals surface area contributed by atoms with Gasteiger partial charge < -0.3 is 20.5 Å². The van der Waals surface area contributed by atoms with Crippen LogP contribution < -0.4 is 15.4 Å². The maximum Gasteiger partial charge on any atom is 0.303 e. The maximum absolute atomic E-state index is 12.5. The van der Waals surface area contributed by atoms with Gasteiger partial charge in [-0.2, -0.15) is 0 Å². The quantitative estimate of drug-likeness (QED) is 0.503. The fourth-order valence-electron chi connectivity index (χ4n) is 4.11. The summed E-state index contributed by atoms with van der Waals surface area (Å²) in [5.74, 6) is 0.510. The number of carbonyl (C=O) groups excluding carboxylic acids is 1. The van der Waals surface area contributed by atoms with Crippen LogP contribution in [-0.2, 0) is 4.79 Å². The molecule has 2 aromatic rings. The molecule has 1 atom stereocenters. The van der Waals surface area contributed by atoms with E-state index < -0.39 is 5.97 Å². The van der Waals surface area contributed by atoms with Crippen molar-refractivity contribution in [1.82, 2.24) is 5.32 Å². The van der Waals surface area contributed by atoms with Crippen molar-refractivity contribution >= 4 is 29.2 Å². The van der Waals surface area contributed by atoms with Crippen LogP contribution in [0.4, 0.5) is 5.69 Å². The first kappa shape index (κ1) is 22.9. The predicted molar refractivity (Wildman–Crippen MR) is 122 cm³/mol. The van der Waals surface area contributed by atoms with E-state index in [0.717, 1.165) is 35.4 Å². The number of aryl methyl sites for hydroxylation is 1. The summed E-state index contributed by atoms with van der Waals surface area (Å²) in [5, 5.41) is 15.9. The lowest BCUT2D eigenvalue weighted by atomic mass is 9.73. The van der Waals surface area contributed by atoms with Crippen molar-refractivity contribution in [2.75, 3.05) is 19.0 Å². The first-order chi connectivity index (χ1) is 14.8. The van der Waals surface area contributed by atoms with E-state index in [9.17, 15) is 9.59 Å². The third kappa shape index (κ3) is 5.91. The van der Waals surface area contributed by atoms with Gasteiger partial charge in [-0.05, 0) is 80.5 Å². The highest BCUT2D eigenvalue weighted by Crippen LogP contribution is 2.35. The Morgan fingerprint density at radius 3 is 2.58 bits per heavy atom. The largest absolute Gasteiger partial charge is 0.496 e. The number of anilines is 1. The molecule has 2 aromatic carbocycles. The van der Waals surface area contributed by atoms with Gasteiger partial charge in [-0.1, -0.05) is 11.6 Å². The van der Waals surface area contributed by atoms with Gasteiger partial charge in [0.15, 0.2) is 0 Å². The smallest absolute Gasteiger partial charge is 0.303 e. The Labute approximate surface area is 187 Å². The highest BCUT2D eigenvalue weighted by molar-refractivity contribution is 6.30. The number of methoxy groups -OCH3 is 1. The van der Waals surface area contributed by atoms with Crippen molar-refractivity contribution in [2.45, 2.75) is 39.2 Å². The lowest BCUT2D eigenvalue weighted by molar-refractivity contribution is -0.139. The van der Waals surface area contributed by atoms with Gasteiger partial charge in [-0.3, -0.25) is 9.59 Å². The van der Waals surface area contributed by atoms with Crippen molar-refractivity contribution in [3.05, 3.63) is 58.1 Å². The molecule has 0 heterocycles. The molecule has 7 heteroatoms. The molecule has 166 valence electrons. The van der Waals surface area contributed by atoms with Gasteiger partial charge in [0.1, 0.15) is 5.75 Å². The van der Waals surface area contributed by atoms with E-state index in [4.69, 9.17) is 21.4 Å². The number of ether oxygens (including phenoxy) is 1. The van der Waals surface area contributed by atoms with E-state index in [2.05, 4.69) is 10.6 Å². The second kappa shape index (κ2) is 10.1. The van der Waals surface area contributed by atoms with Crippen LogP contribution in [0.15, 0.2) is 36.4 Å². The molecule has 1 saturated carbocycles. The van der Waals surface area contributed by atoms with Crippen molar-refractivity contribution in [1.29, 1.82) is 0 Å². The molecule has 0 spiro atoms. The zero-order chi connectivity index (χ0) is 22.5. The molecule has 0 bridgehead atoms.